The molecule has 2 aromatic carbocycles. The van der Waals surface area contributed by atoms with Crippen molar-refractivity contribution >= 4 is 23.2 Å². The van der Waals surface area contributed by atoms with Crippen molar-refractivity contribution in [1.29, 1.82) is 5.26 Å². The first-order chi connectivity index (χ1) is 12.7. The first kappa shape index (κ1) is 17.7. The molecule has 0 aliphatic carbocycles. The van der Waals surface area contributed by atoms with E-state index in [2.05, 4.69) is 16.4 Å². The highest BCUT2D eigenvalue weighted by Gasteiger charge is 2.21. The number of benzene rings is 2. The quantitative estimate of drug-likeness (QED) is 0.723. The molecular weight excluding hydrogens is 346 g/mol. The van der Waals surface area contributed by atoms with E-state index in [0.29, 0.717) is 22.7 Å². The molecule has 128 valence electrons. The third-order valence-electron chi connectivity index (χ3n) is 4.04. The van der Waals surface area contributed by atoms with Gasteiger partial charge < -0.3 is 5.32 Å². The van der Waals surface area contributed by atoms with Gasteiger partial charge in [-0.2, -0.15) is 5.26 Å². The van der Waals surface area contributed by atoms with Gasteiger partial charge in [0.25, 0.3) is 0 Å². The van der Waals surface area contributed by atoms with Gasteiger partial charge in [-0.25, -0.2) is 0 Å². The van der Waals surface area contributed by atoms with Crippen molar-refractivity contribution in [2.75, 3.05) is 5.32 Å². The fourth-order valence-electron chi connectivity index (χ4n) is 2.71. The van der Waals surface area contributed by atoms with Crippen molar-refractivity contribution in [2.45, 2.75) is 12.3 Å². The first-order valence-corrected chi connectivity index (χ1v) is 8.49. The number of carbonyl (C=O) groups is 1. The Hall–Kier alpha value is -3.16. The summed E-state index contributed by atoms with van der Waals surface area (Å²) in [5.74, 6) is -0.528. The largest absolute Gasteiger partial charge is 0.326 e. The van der Waals surface area contributed by atoms with Gasteiger partial charge in [-0.3, -0.25) is 9.78 Å². The van der Waals surface area contributed by atoms with Gasteiger partial charge in [0.2, 0.25) is 5.91 Å². The zero-order chi connectivity index (χ0) is 18.4. The first-order valence-electron chi connectivity index (χ1n) is 8.11. The maximum Gasteiger partial charge on any atom is 0.232 e. The Bertz CT molecular complexity index is 933. The lowest BCUT2D eigenvalue weighted by molar-refractivity contribution is -0.117. The minimum absolute atomic E-state index is 0.140. The summed E-state index contributed by atoms with van der Waals surface area (Å²) in [7, 11) is 0. The van der Waals surface area contributed by atoms with Crippen LogP contribution in [0.3, 0.4) is 0 Å². The van der Waals surface area contributed by atoms with Crippen LogP contribution in [0.1, 0.15) is 22.6 Å². The number of anilines is 1. The molecule has 3 aromatic rings. The van der Waals surface area contributed by atoms with Gasteiger partial charge in [-0.1, -0.05) is 29.8 Å². The Kier molecular flexibility index (Phi) is 5.62. The Morgan fingerprint density at radius 2 is 1.85 bits per heavy atom. The van der Waals surface area contributed by atoms with Crippen molar-refractivity contribution in [1.82, 2.24) is 4.98 Å². The summed E-state index contributed by atoms with van der Waals surface area (Å²) in [6.07, 6.45) is 3.96. The monoisotopic (exact) mass is 361 g/mol. The van der Waals surface area contributed by atoms with Crippen LogP contribution in [-0.4, -0.2) is 10.9 Å². The number of amides is 1. The Morgan fingerprint density at radius 3 is 2.54 bits per heavy atom. The highest BCUT2D eigenvalue weighted by atomic mass is 35.5. The fourth-order valence-corrected chi connectivity index (χ4v) is 2.83. The number of hydrogen-bond acceptors (Lipinski definition) is 3. The molecule has 4 nitrogen and oxygen atoms in total. The smallest absolute Gasteiger partial charge is 0.232 e. The molecule has 0 fully saturated rings. The molecule has 0 bridgehead atoms. The van der Waals surface area contributed by atoms with E-state index < -0.39 is 0 Å². The third kappa shape index (κ3) is 4.47. The maximum absolute atomic E-state index is 13.0. The van der Waals surface area contributed by atoms with Crippen LogP contribution in [-0.2, 0) is 11.2 Å². The molecule has 1 unspecified atom stereocenters. The predicted molar refractivity (Wildman–Crippen MR) is 102 cm³/mol. The van der Waals surface area contributed by atoms with Gasteiger partial charge >= 0.3 is 0 Å². The van der Waals surface area contributed by atoms with Gasteiger partial charge in [0.05, 0.1) is 17.6 Å². The normalized spacial score (nSPS) is 11.4. The molecule has 5 heteroatoms. The van der Waals surface area contributed by atoms with E-state index in [4.69, 9.17) is 16.9 Å². The van der Waals surface area contributed by atoms with Crippen LogP contribution in [0.15, 0.2) is 73.1 Å². The molecule has 0 aliphatic heterocycles. The molecule has 0 saturated carbocycles. The van der Waals surface area contributed by atoms with Gasteiger partial charge in [-0.05, 0) is 60.0 Å². The fraction of sp³-hybridized carbons (Fsp3) is 0.0952. The van der Waals surface area contributed by atoms with Gasteiger partial charge in [0.1, 0.15) is 0 Å². The van der Waals surface area contributed by atoms with E-state index in [0.717, 1.165) is 11.1 Å². The summed E-state index contributed by atoms with van der Waals surface area (Å²) in [6.45, 7) is 0. The maximum atomic E-state index is 13.0. The van der Waals surface area contributed by atoms with Crippen molar-refractivity contribution in [3.8, 4) is 6.07 Å². The number of nitriles is 1. The lowest BCUT2D eigenvalue weighted by atomic mass is 9.91. The Labute approximate surface area is 157 Å². The zero-order valence-corrected chi connectivity index (χ0v) is 14.6. The number of pyridine rings is 1. The standard InChI is InChI=1S/C21H16ClN3O/c22-18-6-4-17(5-7-18)20(13-15-8-10-24-11-9-15)21(26)25-19-3-1-2-16(12-19)14-23/h1-12,20H,13H2,(H,25,26). The summed E-state index contributed by atoms with van der Waals surface area (Å²) in [5.41, 5.74) is 2.99. The van der Waals surface area contributed by atoms with Crippen LogP contribution >= 0.6 is 11.6 Å². The number of nitrogens with one attached hydrogen (secondary N) is 1. The molecule has 0 saturated heterocycles. The van der Waals surface area contributed by atoms with E-state index in [-0.39, 0.29) is 11.8 Å². The van der Waals surface area contributed by atoms with E-state index in [1.165, 1.54) is 0 Å². The van der Waals surface area contributed by atoms with Crippen molar-refractivity contribution < 1.29 is 4.79 Å². The highest BCUT2D eigenvalue weighted by Crippen LogP contribution is 2.25. The van der Waals surface area contributed by atoms with Crippen LogP contribution in [0.25, 0.3) is 0 Å². The van der Waals surface area contributed by atoms with Crippen LogP contribution in [0.4, 0.5) is 5.69 Å². The average molecular weight is 362 g/mol. The van der Waals surface area contributed by atoms with E-state index in [9.17, 15) is 4.79 Å². The molecule has 0 aliphatic rings. The molecule has 1 atom stereocenters. The minimum atomic E-state index is -0.389. The summed E-state index contributed by atoms with van der Waals surface area (Å²) < 4.78 is 0. The van der Waals surface area contributed by atoms with Gasteiger partial charge in [0, 0.05) is 23.1 Å². The number of aromatic nitrogens is 1. The number of nitrogens with zero attached hydrogens (tertiary/aromatic N) is 2. The van der Waals surface area contributed by atoms with Crippen LogP contribution in [0, 0.1) is 11.3 Å². The van der Waals surface area contributed by atoms with Crippen molar-refractivity contribution in [3.05, 3.63) is 94.8 Å². The zero-order valence-electron chi connectivity index (χ0n) is 13.9. The van der Waals surface area contributed by atoms with Crippen LogP contribution in [0.5, 0.6) is 0 Å². The molecule has 0 spiro atoms. The second-order valence-electron chi connectivity index (χ2n) is 5.85. The van der Waals surface area contributed by atoms with Crippen molar-refractivity contribution in [3.63, 3.8) is 0 Å². The summed E-state index contributed by atoms with van der Waals surface area (Å²) in [6, 6.07) is 20.0. The number of carbonyl (C=O) groups excluding carboxylic acids is 1. The molecule has 1 amide bonds. The minimum Gasteiger partial charge on any atom is -0.326 e. The Morgan fingerprint density at radius 1 is 1.12 bits per heavy atom. The molecule has 26 heavy (non-hydrogen) atoms. The third-order valence-corrected chi connectivity index (χ3v) is 4.29. The lowest BCUT2D eigenvalue weighted by Crippen LogP contribution is -2.23. The molecule has 0 radical (unpaired) electrons. The molecule has 1 aromatic heterocycles. The summed E-state index contributed by atoms with van der Waals surface area (Å²) in [4.78, 5) is 17.0. The summed E-state index contributed by atoms with van der Waals surface area (Å²) in [5, 5.41) is 12.6. The second kappa shape index (κ2) is 8.28. The lowest BCUT2D eigenvalue weighted by Gasteiger charge is -2.18. The van der Waals surface area contributed by atoms with E-state index in [1.54, 1.807) is 48.8 Å². The van der Waals surface area contributed by atoms with E-state index >= 15 is 0 Å². The van der Waals surface area contributed by atoms with Crippen LogP contribution < -0.4 is 5.32 Å². The molecule has 3 rings (SSSR count). The van der Waals surface area contributed by atoms with Crippen LogP contribution in [0.2, 0.25) is 5.02 Å². The van der Waals surface area contributed by atoms with Crippen molar-refractivity contribution in [2.24, 2.45) is 0 Å². The SMILES string of the molecule is N#Cc1cccc(NC(=O)C(Cc2ccncc2)c2ccc(Cl)cc2)c1. The Balaban J connectivity index is 1.87. The number of hydrogen-bond donors (Lipinski definition) is 1. The average Bonchev–Trinajstić information content (AvgIpc) is 2.68. The topological polar surface area (TPSA) is 65.8 Å². The molecule has 1 N–H and O–H groups in total. The predicted octanol–water partition coefficient (Wildman–Crippen LogP) is 4.57. The summed E-state index contributed by atoms with van der Waals surface area (Å²) >= 11 is 5.98. The highest BCUT2D eigenvalue weighted by molar-refractivity contribution is 6.30. The molecular formula is C21H16ClN3O. The van der Waals surface area contributed by atoms with Gasteiger partial charge in [0.15, 0.2) is 0 Å². The number of halogens is 1. The number of rotatable bonds is 5. The van der Waals surface area contributed by atoms with Gasteiger partial charge in [-0.15, -0.1) is 0 Å². The molecule has 1 heterocycles. The van der Waals surface area contributed by atoms with E-state index in [1.807, 2.05) is 24.3 Å². The second-order valence-corrected chi connectivity index (χ2v) is 6.28.